The van der Waals surface area contributed by atoms with E-state index >= 15 is 0 Å². The Kier molecular flexibility index (Phi) is 8.22. The molecular weight excluding hydrogens is 583 g/mol. The average molecular weight is 601 g/mol. The molecule has 3 rings (SSSR count). The Labute approximate surface area is 212 Å². The Hall–Kier alpha value is -2.06. The summed E-state index contributed by atoms with van der Waals surface area (Å²) in [7, 11) is 0. The molecule has 0 aliphatic heterocycles. The van der Waals surface area contributed by atoms with Crippen LogP contribution in [0.2, 0.25) is 10.0 Å². The fraction of sp³-hybridized carbons (Fsp3) is 0.130. The third kappa shape index (κ3) is 6.04. The van der Waals surface area contributed by atoms with Gasteiger partial charge in [0.15, 0.2) is 0 Å². The lowest BCUT2D eigenvalue weighted by Gasteiger charge is -2.14. The number of aryl methyl sites for hydroxylation is 2. The highest BCUT2D eigenvalue weighted by molar-refractivity contribution is 9.11. The Balaban J connectivity index is 1.69. The van der Waals surface area contributed by atoms with Crippen molar-refractivity contribution in [2.24, 2.45) is 5.10 Å². The minimum absolute atomic E-state index is 0.0976. The van der Waals surface area contributed by atoms with Crippen molar-refractivity contribution in [3.05, 3.63) is 89.3 Å². The maximum Gasteiger partial charge on any atom is 0.275 e. The number of hydrazone groups is 1. The molecule has 0 aliphatic carbocycles. The zero-order valence-electron chi connectivity index (χ0n) is 17.0. The Morgan fingerprint density at radius 2 is 1.81 bits per heavy atom. The monoisotopic (exact) mass is 598 g/mol. The van der Waals surface area contributed by atoms with Gasteiger partial charge in [0.1, 0.15) is 18.1 Å². The SMILES string of the molecule is Cc1cc(/C=N\NC(=O)c2cc(Br)cc(Br)c2O)cc(C)c1OCc1ccc(Cl)cc1Cl. The molecule has 166 valence electrons. The summed E-state index contributed by atoms with van der Waals surface area (Å²) in [6, 6.07) is 12.2. The second-order valence-corrected chi connectivity index (χ2v) is 9.60. The summed E-state index contributed by atoms with van der Waals surface area (Å²) in [6.07, 6.45) is 1.53. The van der Waals surface area contributed by atoms with E-state index in [1.807, 2.05) is 32.0 Å². The van der Waals surface area contributed by atoms with Gasteiger partial charge in [-0.05, 0) is 82.9 Å². The van der Waals surface area contributed by atoms with Gasteiger partial charge in [0.05, 0.1) is 16.3 Å². The molecule has 0 atom stereocenters. The normalized spacial score (nSPS) is 11.1. The molecular formula is C23H18Br2Cl2N2O3. The molecule has 0 aliphatic rings. The third-order valence-electron chi connectivity index (χ3n) is 4.52. The van der Waals surface area contributed by atoms with Gasteiger partial charge in [0, 0.05) is 20.1 Å². The van der Waals surface area contributed by atoms with Gasteiger partial charge < -0.3 is 9.84 Å². The van der Waals surface area contributed by atoms with E-state index in [-0.39, 0.29) is 11.3 Å². The maximum atomic E-state index is 12.4. The summed E-state index contributed by atoms with van der Waals surface area (Å²) < 4.78 is 7.04. The van der Waals surface area contributed by atoms with Crippen LogP contribution < -0.4 is 10.2 Å². The van der Waals surface area contributed by atoms with Crippen LogP contribution in [-0.4, -0.2) is 17.2 Å². The van der Waals surface area contributed by atoms with Crippen LogP contribution in [0.1, 0.15) is 32.6 Å². The molecule has 0 heterocycles. The number of nitrogens with zero attached hydrogens (tertiary/aromatic N) is 1. The molecule has 0 saturated carbocycles. The molecule has 0 radical (unpaired) electrons. The topological polar surface area (TPSA) is 70.9 Å². The van der Waals surface area contributed by atoms with Crippen LogP contribution in [-0.2, 0) is 6.61 Å². The highest BCUT2D eigenvalue weighted by atomic mass is 79.9. The van der Waals surface area contributed by atoms with Crippen molar-refractivity contribution < 1.29 is 14.6 Å². The molecule has 0 unspecified atom stereocenters. The third-order valence-corrected chi connectivity index (χ3v) is 6.17. The fourth-order valence-electron chi connectivity index (χ4n) is 3.04. The summed E-state index contributed by atoms with van der Waals surface area (Å²) in [5.74, 6) is 0.0602. The van der Waals surface area contributed by atoms with Crippen LogP contribution in [0.5, 0.6) is 11.5 Å². The number of phenols is 1. The van der Waals surface area contributed by atoms with Crippen LogP contribution >= 0.6 is 55.1 Å². The lowest BCUT2D eigenvalue weighted by atomic mass is 10.1. The molecule has 3 aromatic carbocycles. The first-order valence-electron chi connectivity index (χ1n) is 9.35. The molecule has 9 heteroatoms. The van der Waals surface area contributed by atoms with Crippen molar-refractivity contribution in [1.82, 2.24) is 5.43 Å². The highest BCUT2D eigenvalue weighted by Gasteiger charge is 2.14. The van der Waals surface area contributed by atoms with Gasteiger partial charge >= 0.3 is 0 Å². The zero-order valence-corrected chi connectivity index (χ0v) is 21.7. The lowest BCUT2D eigenvalue weighted by Crippen LogP contribution is -2.18. The number of hydrogen-bond donors (Lipinski definition) is 2. The number of carbonyl (C=O) groups is 1. The van der Waals surface area contributed by atoms with Gasteiger partial charge in [-0.25, -0.2) is 5.43 Å². The van der Waals surface area contributed by atoms with Gasteiger partial charge in [-0.3, -0.25) is 4.79 Å². The molecule has 3 aromatic rings. The minimum Gasteiger partial charge on any atom is -0.506 e. The van der Waals surface area contributed by atoms with E-state index in [1.54, 1.807) is 18.2 Å². The van der Waals surface area contributed by atoms with Crippen molar-refractivity contribution in [3.63, 3.8) is 0 Å². The Bertz CT molecular complexity index is 1190. The van der Waals surface area contributed by atoms with Gasteiger partial charge in [-0.15, -0.1) is 0 Å². The number of halogens is 4. The van der Waals surface area contributed by atoms with Crippen molar-refractivity contribution in [3.8, 4) is 11.5 Å². The number of amides is 1. The number of hydrogen-bond acceptors (Lipinski definition) is 4. The van der Waals surface area contributed by atoms with Gasteiger partial charge in [-0.2, -0.15) is 5.10 Å². The molecule has 0 saturated heterocycles. The summed E-state index contributed by atoms with van der Waals surface area (Å²) in [5, 5.41) is 15.2. The van der Waals surface area contributed by atoms with E-state index in [0.717, 1.165) is 28.0 Å². The van der Waals surface area contributed by atoms with Gasteiger partial charge in [0.25, 0.3) is 5.91 Å². The van der Waals surface area contributed by atoms with Crippen LogP contribution in [0.3, 0.4) is 0 Å². The first-order chi connectivity index (χ1) is 15.2. The quantitative estimate of drug-likeness (QED) is 0.232. The van der Waals surface area contributed by atoms with E-state index in [1.165, 1.54) is 12.3 Å². The average Bonchev–Trinajstić information content (AvgIpc) is 2.71. The number of rotatable bonds is 6. The Morgan fingerprint density at radius 1 is 1.12 bits per heavy atom. The van der Waals surface area contributed by atoms with E-state index in [4.69, 9.17) is 27.9 Å². The smallest absolute Gasteiger partial charge is 0.275 e. The summed E-state index contributed by atoms with van der Waals surface area (Å²) >= 11 is 18.7. The first-order valence-corrected chi connectivity index (χ1v) is 11.7. The second-order valence-electron chi connectivity index (χ2n) is 6.99. The van der Waals surface area contributed by atoms with Gasteiger partial charge in [-0.1, -0.05) is 45.2 Å². The molecule has 32 heavy (non-hydrogen) atoms. The molecule has 5 nitrogen and oxygen atoms in total. The molecule has 0 fully saturated rings. The highest BCUT2D eigenvalue weighted by Crippen LogP contribution is 2.31. The van der Waals surface area contributed by atoms with Crippen LogP contribution in [0.25, 0.3) is 0 Å². The molecule has 0 aromatic heterocycles. The maximum absolute atomic E-state index is 12.4. The fourth-order valence-corrected chi connectivity index (χ4v) is 4.73. The minimum atomic E-state index is -0.533. The van der Waals surface area contributed by atoms with E-state index in [9.17, 15) is 9.90 Å². The molecule has 1 amide bonds. The first kappa shape index (κ1) is 24.6. The van der Waals surface area contributed by atoms with E-state index < -0.39 is 5.91 Å². The van der Waals surface area contributed by atoms with Crippen molar-refractivity contribution in [2.45, 2.75) is 20.5 Å². The zero-order chi connectivity index (χ0) is 23.4. The predicted octanol–water partition coefficient (Wildman–Crippen LogP) is 7.18. The summed E-state index contributed by atoms with van der Waals surface area (Å²) in [5.41, 5.74) is 5.98. The predicted molar refractivity (Wildman–Crippen MR) is 135 cm³/mol. The molecule has 0 bridgehead atoms. The van der Waals surface area contributed by atoms with Crippen LogP contribution in [0.15, 0.2) is 56.5 Å². The summed E-state index contributed by atoms with van der Waals surface area (Å²) in [4.78, 5) is 12.4. The molecule has 2 N–H and O–H groups in total. The van der Waals surface area contributed by atoms with Crippen molar-refractivity contribution >= 4 is 67.2 Å². The standard InChI is InChI=1S/C23H18Br2Cl2N2O3/c1-12-5-14(10-28-29-23(31)18-7-16(24)8-19(25)21(18)30)6-13(2)22(12)32-11-15-3-4-17(26)9-20(15)27/h3-10,30H,11H2,1-2H3,(H,29,31)/b28-10-. The number of ether oxygens (including phenoxy) is 1. The number of carbonyl (C=O) groups excluding carboxylic acids is 1. The van der Waals surface area contributed by atoms with Crippen molar-refractivity contribution in [2.75, 3.05) is 0 Å². The number of nitrogens with one attached hydrogen (secondary N) is 1. The van der Waals surface area contributed by atoms with E-state index in [0.29, 0.717) is 25.6 Å². The lowest BCUT2D eigenvalue weighted by molar-refractivity contribution is 0.0952. The van der Waals surface area contributed by atoms with Gasteiger partial charge in [0.2, 0.25) is 0 Å². The largest absolute Gasteiger partial charge is 0.506 e. The second kappa shape index (κ2) is 10.7. The molecule has 0 spiro atoms. The number of benzene rings is 3. The van der Waals surface area contributed by atoms with Crippen LogP contribution in [0, 0.1) is 13.8 Å². The van der Waals surface area contributed by atoms with Crippen molar-refractivity contribution in [1.29, 1.82) is 0 Å². The summed E-state index contributed by atoms with van der Waals surface area (Å²) in [6.45, 7) is 4.17. The Morgan fingerprint density at radius 3 is 2.47 bits per heavy atom. The van der Waals surface area contributed by atoms with E-state index in [2.05, 4.69) is 42.4 Å². The number of phenolic OH excluding ortho intramolecular Hbond substituents is 1. The van der Waals surface area contributed by atoms with Crippen LogP contribution in [0.4, 0.5) is 0 Å². The number of aromatic hydroxyl groups is 1.